The highest BCUT2D eigenvalue weighted by Crippen LogP contribution is 2.32. The molecule has 1 aliphatic heterocycles. The lowest BCUT2D eigenvalue weighted by molar-refractivity contribution is -0.139. The van der Waals surface area contributed by atoms with Crippen molar-refractivity contribution >= 4 is 11.8 Å². The highest BCUT2D eigenvalue weighted by atomic mass is 16.5. The van der Waals surface area contributed by atoms with Crippen LogP contribution in [0.5, 0.6) is 5.88 Å². The quantitative estimate of drug-likeness (QED) is 0.866. The number of carboxylic acid groups (broad SMARTS) is 1. The van der Waals surface area contributed by atoms with Gasteiger partial charge in [0.15, 0.2) is 0 Å². The fourth-order valence-corrected chi connectivity index (χ4v) is 2.48. The molecule has 2 heterocycles. The van der Waals surface area contributed by atoms with Crippen LogP contribution in [0.3, 0.4) is 0 Å². The smallest absolute Gasteiger partial charge is 0.326 e. The Morgan fingerprint density at radius 1 is 1.56 bits per heavy atom. The fraction of sp³-hybridized carbons (Fsp3) is 0.583. The van der Waals surface area contributed by atoms with Crippen LogP contribution in [0.1, 0.15) is 18.9 Å². The lowest BCUT2D eigenvalue weighted by Crippen LogP contribution is -2.39. The van der Waals surface area contributed by atoms with E-state index in [-0.39, 0.29) is 5.92 Å². The summed E-state index contributed by atoms with van der Waals surface area (Å²) in [6.45, 7) is 4.49. The molecule has 2 rings (SSSR count). The van der Waals surface area contributed by atoms with Crippen LogP contribution >= 0.6 is 0 Å². The topological polar surface area (TPSA) is 75.6 Å². The molecule has 6 nitrogen and oxygen atoms in total. The molecule has 6 heteroatoms. The molecule has 98 valence electrons. The van der Waals surface area contributed by atoms with Crippen LogP contribution in [-0.2, 0) is 4.79 Å². The summed E-state index contributed by atoms with van der Waals surface area (Å²) < 4.78 is 5.14. The number of anilines is 1. The molecule has 1 N–H and O–H groups in total. The molecular weight excluding hydrogens is 234 g/mol. The zero-order chi connectivity index (χ0) is 13.3. The number of ether oxygens (including phenoxy) is 1. The molecule has 2 unspecified atom stereocenters. The van der Waals surface area contributed by atoms with Crippen molar-refractivity contribution in [3.8, 4) is 5.88 Å². The third-order valence-electron chi connectivity index (χ3n) is 3.43. The van der Waals surface area contributed by atoms with Crippen LogP contribution in [0, 0.1) is 12.8 Å². The molecule has 1 aromatic rings. The van der Waals surface area contributed by atoms with E-state index in [4.69, 9.17) is 4.74 Å². The van der Waals surface area contributed by atoms with Crippen LogP contribution in [0.25, 0.3) is 0 Å². The summed E-state index contributed by atoms with van der Waals surface area (Å²) in [7, 11) is 1.54. The van der Waals surface area contributed by atoms with Gasteiger partial charge in [-0.1, -0.05) is 6.92 Å². The third-order valence-corrected chi connectivity index (χ3v) is 3.43. The predicted molar refractivity (Wildman–Crippen MR) is 65.9 cm³/mol. The number of aliphatic carboxylic acids is 1. The lowest BCUT2D eigenvalue weighted by atomic mass is 10.0. The van der Waals surface area contributed by atoms with E-state index in [1.807, 2.05) is 18.7 Å². The molecule has 1 fully saturated rings. The first kappa shape index (κ1) is 12.6. The SMILES string of the molecule is COc1ncnc(N2CCC(C)C2C(=O)O)c1C. The molecule has 0 radical (unpaired) electrons. The third kappa shape index (κ3) is 1.98. The normalized spacial score (nSPS) is 23.2. The summed E-state index contributed by atoms with van der Waals surface area (Å²) >= 11 is 0. The van der Waals surface area contributed by atoms with E-state index in [9.17, 15) is 9.90 Å². The molecular formula is C12H17N3O3. The van der Waals surface area contributed by atoms with Gasteiger partial charge in [0.05, 0.1) is 12.7 Å². The molecule has 0 amide bonds. The van der Waals surface area contributed by atoms with Crippen molar-refractivity contribution < 1.29 is 14.6 Å². The van der Waals surface area contributed by atoms with Crippen molar-refractivity contribution in [3.05, 3.63) is 11.9 Å². The molecule has 0 aromatic carbocycles. The second kappa shape index (κ2) is 4.80. The molecule has 1 aliphatic rings. The number of rotatable bonds is 3. The van der Waals surface area contributed by atoms with E-state index >= 15 is 0 Å². The maximum absolute atomic E-state index is 11.3. The second-order valence-corrected chi connectivity index (χ2v) is 4.57. The molecule has 0 spiro atoms. The van der Waals surface area contributed by atoms with Crippen LogP contribution in [0.4, 0.5) is 5.82 Å². The number of hydrogen-bond donors (Lipinski definition) is 1. The van der Waals surface area contributed by atoms with Crippen LogP contribution in [0.2, 0.25) is 0 Å². The molecule has 18 heavy (non-hydrogen) atoms. The van der Waals surface area contributed by atoms with Gasteiger partial charge >= 0.3 is 5.97 Å². The average Bonchev–Trinajstić information content (AvgIpc) is 2.71. The Bertz CT molecular complexity index is 464. The van der Waals surface area contributed by atoms with Gasteiger partial charge in [0.1, 0.15) is 18.2 Å². The number of hydrogen-bond acceptors (Lipinski definition) is 5. The Kier molecular flexibility index (Phi) is 3.36. The number of nitrogens with zero attached hydrogens (tertiary/aromatic N) is 3. The number of methoxy groups -OCH3 is 1. The largest absolute Gasteiger partial charge is 0.481 e. The summed E-state index contributed by atoms with van der Waals surface area (Å²) in [6.07, 6.45) is 2.26. The monoisotopic (exact) mass is 251 g/mol. The second-order valence-electron chi connectivity index (χ2n) is 4.57. The zero-order valence-corrected chi connectivity index (χ0v) is 10.8. The van der Waals surface area contributed by atoms with Gasteiger partial charge in [0, 0.05) is 6.54 Å². The minimum Gasteiger partial charge on any atom is -0.481 e. The van der Waals surface area contributed by atoms with Gasteiger partial charge < -0.3 is 14.7 Å². The van der Waals surface area contributed by atoms with E-state index in [0.29, 0.717) is 18.2 Å². The maximum atomic E-state index is 11.3. The Balaban J connectivity index is 2.39. The number of carbonyl (C=O) groups is 1. The van der Waals surface area contributed by atoms with Crippen molar-refractivity contribution in [2.45, 2.75) is 26.3 Å². The summed E-state index contributed by atoms with van der Waals surface area (Å²) in [5.74, 6) is 0.446. The van der Waals surface area contributed by atoms with Crippen molar-refractivity contribution in [1.29, 1.82) is 0 Å². The lowest BCUT2D eigenvalue weighted by Gasteiger charge is -2.25. The van der Waals surface area contributed by atoms with E-state index in [0.717, 1.165) is 12.0 Å². The van der Waals surface area contributed by atoms with Gasteiger partial charge in [0.2, 0.25) is 5.88 Å². The first-order valence-electron chi connectivity index (χ1n) is 5.91. The van der Waals surface area contributed by atoms with Crippen molar-refractivity contribution in [2.75, 3.05) is 18.6 Å². The molecule has 0 bridgehead atoms. The van der Waals surface area contributed by atoms with Crippen molar-refractivity contribution in [2.24, 2.45) is 5.92 Å². The summed E-state index contributed by atoms with van der Waals surface area (Å²) in [6, 6.07) is -0.525. The Labute approximate surface area is 106 Å². The van der Waals surface area contributed by atoms with Crippen molar-refractivity contribution in [1.82, 2.24) is 9.97 Å². The number of aromatic nitrogens is 2. The molecule has 2 atom stereocenters. The molecule has 1 aromatic heterocycles. The first-order chi connectivity index (χ1) is 8.56. The van der Waals surface area contributed by atoms with E-state index < -0.39 is 12.0 Å². The summed E-state index contributed by atoms with van der Waals surface area (Å²) in [4.78, 5) is 21.4. The Morgan fingerprint density at radius 2 is 2.28 bits per heavy atom. The summed E-state index contributed by atoms with van der Waals surface area (Å²) in [5, 5.41) is 9.32. The van der Waals surface area contributed by atoms with Gasteiger partial charge in [0.25, 0.3) is 0 Å². The number of carboxylic acids is 1. The zero-order valence-electron chi connectivity index (χ0n) is 10.8. The predicted octanol–water partition coefficient (Wildman–Crippen LogP) is 1.09. The Morgan fingerprint density at radius 3 is 2.89 bits per heavy atom. The fourth-order valence-electron chi connectivity index (χ4n) is 2.48. The van der Waals surface area contributed by atoms with Gasteiger partial charge in [-0.25, -0.2) is 14.8 Å². The van der Waals surface area contributed by atoms with E-state index in [2.05, 4.69) is 9.97 Å². The minimum absolute atomic E-state index is 0.114. The van der Waals surface area contributed by atoms with Gasteiger partial charge in [-0.3, -0.25) is 0 Å². The maximum Gasteiger partial charge on any atom is 0.326 e. The molecule has 0 aliphatic carbocycles. The van der Waals surface area contributed by atoms with Gasteiger partial charge in [-0.15, -0.1) is 0 Å². The molecule has 0 saturated carbocycles. The van der Waals surface area contributed by atoms with Crippen LogP contribution < -0.4 is 9.64 Å². The minimum atomic E-state index is -0.808. The van der Waals surface area contributed by atoms with E-state index in [1.54, 1.807) is 7.11 Å². The van der Waals surface area contributed by atoms with Crippen LogP contribution in [0.15, 0.2) is 6.33 Å². The average molecular weight is 251 g/mol. The van der Waals surface area contributed by atoms with Crippen molar-refractivity contribution in [3.63, 3.8) is 0 Å². The summed E-state index contributed by atoms with van der Waals surface area (Å²) in [5.41, 5.74) is 0.778. The van der Waals surface area contributed by atoms with E-state index in [1.165, 1.54) is 6.33 Å². The van der Waals surface area contributed by atoms with Crippen LogP contribution in [-0.4, -0.2) is 40.7 Å². The van der Waals surface area contributed by atoms with Gasteiger partial charge in [-0.05, 0) is 19.3 Å². The standard InChI is InChI=1S/C12H17N3O3/c1-7-4-5-15(9(7)12(16)17)10-8(2)11(18-3)14-6-13-10/h6-7,9H,4-5H2,1-3H3,(H,16,17). The first-order valence-corrected chi connectivity index (χ1v) is 5.91. The highest BCUT2D eigenvalue weighted by molar-refractivity contribution is 5.79. The highest BCUT2D eigenvalue weighted by Gasteiger charge is 2.38. The molecule has 1 saturated heterocycles. The van der Waals surface area contributed by atoms with Gasteiger partial charge in [-0.2, -0.15) is 0 Å². The Hall–Kier alpha value is -1.85.